The highest BCUT2D eigenvalue weighted by atomic mass is 35.5. The number of nitrogens with zero attached hydrogens (tertiary/aromatic N) is 2. The first kappa shape index (κ1) is 10.2. The van der Waals surface area contributed by atoms with Gasteiger partial charge in [0.15, 0.2) is 5.82 Å². The van der Waals surface area contributed by atoms with Crippen molar-refractivity contribution in [3.63, 3.8) is 0 Å². The van der Waals surface area contributed by atoms with Crippen molar-refractivity contribution in [1.82, 2.24) is 15.2 Å². The second kappa shape index (κ2) is 4.04. The molecule has 0 atom stereocenters. The molecule has 0 radical (unpaired) electrons. The van der Waals surface area contributed by atoms with Gasteiger partial charge in [-0.2, -0.15) is 5.10 Å². The molecule has 3 nitrogen and oxygen atoms in total. The zero-order valence-corrected chi connectivity index (χ0v) is 9.18. The van der Waals surface area contributed by atoms with E-state index in [0.717, 1.165) is 5.56 Å². The monoisotopic (exact) mass is 239 g/mol. The lowest BCUT2D eigenvalue weighted by Crippen LogP contribution is -1.81. The average Bonchev–Trinajstić information content (AvgIpc) is 2.64. The van der Waals surface area contributed by atoms with Gasteiger partial charge in [-0.1, -0.05) is 29.8 Å². The number of benzene rings is 1. The molecule has 15 heavy (non-hydrogen) atoms. The van der Waals surface area contributed by atoms with Crippen molar-refractivity contribution in [3.05, 3.63) is 40.6 Å². The Hall–Kier alpha value is -1.32. The Morgan fingerprint density at radius 2 is 1.87 bits per heavy atom. The van der Waals surface area contributed by atoms with Crippen molar-refractivity contribution < 1.29 is 0 Å². The quantitative estimate of drug-likeness (QED) is 0.873. The van der Waals surface area contributed by atoms with Gasteiger partial charge in [-0.3, -0.25) is 5.10 Å². The third-order valence-corrected chi connectivity index (χ3v) is 2.25. The topological polar surface area (TPSA) is 41.6 Å². The Labute approximate surface area is 96.8 Å². The van der Waals surface area contributed by atoms with Crippen LogP contribution in [0.1, 0.15) is 5.82 Å². The van der Waals surface area contributed by atoms with Crippen LogP contribution in [0, 0.1) is 0 Å². The van der Waals surface area contributed by atoms with Crippen LogP contribution in [0.4, 0.5) is 0 Å². The van der Waals surface area contributed by atoms with E-state index < -0.39 is 0 Å². The molecule has 0 saturated carbocycles. The van der Waals surface area contributed by atoms with E-state index in [1.807, 2.05) is 0 Å². The van der Waals surface area contributed by atoms with Gasteiger partial charge in [0.05, 0.1) is 0 Å². The van der Waals surface area contributed by atoms with Gasteiger partial charge in [-0.25, -0.2) is 4.98 Å². The van der Waals surface area contributed by atoms with Crippen molar-refractivity contribution in [1.29, 1.82) is 0 Å². The van der Waals surface area contributed by atoms with E-state index in [4.69, 9.17) is 23.2 Å². The second-order valence-electron chi connectivity index (χ2n) is 2.91. The van der Waals surface area contributed by atoms with Crippen LogP contribution in [0.25, 0.3) is 17.5 Å². The minimum absolute atomic E-state index is 0.550. The van der Waals surface area contributed by atoms with Crippen LogP contribution in [-0.4, -0.2) is 15.2 Å². The van der Waals surface area contributed by atoms with Gasteiger partial charge < -0.3 is 0 Å². The molecule has 1 aromatic heterocycles. The summed E-state index contributed by atoms with van der Waals surface area (Å²) in [6.45, 7) is 3.59. The van der Waals surface area contributed by atoms with E-state index in [1.54, 1.807) is 24.3 Å². The zero-order valence-electron chi connectivity index (χ0n) is 7.67. The highest BCUT2D eigenvalue weighted by Crippen LogP contribution is 2.24. The van der Waals surface area contributed by atoms with Crippen molar-refractivity contribution in [2.45, 2.75) is 0 Å². The molecule has 0 aliphatic rings. The first-order chi connectivity index (χ1) is 7.19. The van der Waals surface area contributed by atoms with Crippen molar-refractivity contribution >= 4 is 29.3 Å². The summed E-state index contributed by atoms with van der Waals surface area (Å²) in [5.41, 5.74) is 0.775. The van der Waals surface area contributed by atoms with Crippen molar-refractivity contribution in [3.8, 4) is 11.4 Å². The predicted molar refractivity (Wildman–Crippen MR) is 61.9 cm³/mol. The van der Waals surface area contributed by atoms with E-state index in [9.17, 15) is 0 Å². The van der Waals surface area contributed by atoms with Crippen LogP contribution in [0.15, 0.2) is 24.8 Å². The lowest BCUT2D eigenvalue weighted by Gasteiger charge is -1.97. The molecule has 0 spiro atoms. The molecular formula is C10H7Cl2N3. The van der Waals surface area contributed by atoms with E-state index in [0.29, 0.717) is 21.7 Å². The van der Waals surface area contributed by atoms with Crippen LogP contribution in [0.5, 0.6) is 0 Å². The molecule has 5 heteroatoms. The van der Waals surface area contributed by atoms with Gasteiger partial charge >= 0.3 is 0 Å². The number of rotatable bonds is 2. The largest absolute Gasteiger partial charge is 0.259 e. The fourth-order valence-electron chi connectivity index (χ4n) is 1.18. The number of hydrogen-bond acceptors (Lipinski definition) is 2. The summed E-state index contributed by atoms with van der Waals surface area (Å²) in [5.74, 6) is 1.16. The lowest BCUT2D eigenvalue weighted by atomic mass is 10.2. The first-order valence-corrected chi connectivity index (χ1v) is 4.96. The zero-order chi connectivity index (χ0) is 10.8. The van der Waals surface area contributed by atoms with Gasteiger partial charge in [0, 0.05) is 15.6 Å². The molecule has 0 fully saturated rings. The summed E-state index contributed by atoms with van der Waals surface area (Å²) in [6, 6.07) is 5.17. The maximum Gasteiger partial charge on any atom is 0.181 e. The molecule has 0 amide bonds. The molecule has 0 unspecified atom stereocenters. The van der Waals surface area contributed by atoms with Crippen LogP contribution < -0.4 is 0 Å². The average molecular weight is 240 g/mol. The van der Waals surface area contributed by atoms with Crippen LogP contribution >= 0.6 is 23.2 Å². The summed E-state index contributed by atoms with van der Waals surface area (Å²) >= 11 is 11.7. The van der Waals surface area contributed by atoms with E-state index in [1.165, 1.54) is 0 Å². The predicted octanol–water partition coefficient (Wildman–Crippen LogP) is 3.42. The number of nitrogens with one attached hydrogen (secondary N) is 1. The van der Waals surface area contributed by atoms with Gasteiger partial charge in [-0.15, -0.1) is 0 Å². The summed E-state index contributed by atoms with van der Waals surface area (Å²) in [4.78, 5) is 4.18. The van der Waals surface area contributed by atoms with Gasteiger partial charge in [0.1, 0.15) is 5.82 Å². The summed E-state index contributed by atoms with van der Waals surface area (Å²) in [6.07, 6.45) is 1.59. The Morgan fingerprint density at radius 1 is 1.20 bits per heavy atom. The van der Waals surface area contributed by atoms with Crippen LogP contribution in [-0.2, 0) is 0 Å². The molecule has 76 valence electrons. The van der Waals surface area contributed by atoms with E-state index in [2.05, 4.69) is 21.8 Å². The fourth-order valence-corrected chi connectivity index (χ4v) is 1.70. The molecule has 1 aromatic carbocycles. The lowest BCUT2D eigenvalue weighted by molar-refractivity contribution is 1.08. The summed E-state index contributed by atoms with van der Waals surface area (Å²) in [5, 5.41) is 7.86. The highest BCUT2D eigenvalue weighted by molar-refractivity contribution is 6.35. The van der Waals surface area contributed by atoms with Crippen LogP contribution in [0.2, 0.25) is 10.0 Å². The second-order valence-corrected chi connectivity index (χ2v) is 3.78. The Morgan fingerprint density at radius 3 is 2.40 bits per heavy atom. The van der Waals surface area contributed by atoms with Gasteiger partial charge in [-0.05, 0) is 24.3 Å². The van der Waals surface area contributed by atoms with Crippen LogP contribution in [0.3, 0.4) is 0 Å². The summed E-state index contributed by atoms with van der Waals surface area (Å²) in [7, 11) is 0. The molecule has 0 bridgehead atoms. The fraction of sp³-hybridized carbons (Fsp3) is 0. The molecular weight excluding hydrogens is 233 g/mol. The van der Waals surface area contributed by atoms with E-state index >= 15 is 0 Å². The van der Waals surface area contributed by atoms with Gasteiger partial charge in [0.2, 0.25) is 0 Å². The Balaban J connectivity index is 2.48. The number of H-pyrrole nitrogens is 1. The van der Waals surface area contributed by atoms with E-state index in [-0.39, 0.29) is 0 Å². The van der Waals surface area contributed by atoms with Crippen molar-refractivity contribution in [2.24, 2.45) is 0 Å². The molecule has 0 aliphatic carbocycles. The maximum atomic E-state index is 5.87. The number of hydrogen-bond donors (Lipinski definition) is 1. The van der Waals surface area contributed by atoms with Gasteiger partial charge in [0.25, 0.3) is 0 Å². The first-order valence-electron chi connectivity index (χ1n) is 4.20. The minimum atomic E-state index is 0.550. The molecule has 2 rings (SSSR count). The SMILES string of the molecule is C=Cc1nc(-c2cc(Cl)cc(Cl)c2)n[nH]1. The normalized spacial score (nSPS) is 10.3. The standard InChI is InChI=1S/C10H7Cl2N3/c1-2-9-13-10(15-14-9)6-3-7(11)5-8(12)4-6/h2-5H,1H2,(H,13,14,15). The maximum absolute atomic E-state index is 5.87. The molecule has 0 saturated heterocycles. The molecule has 0 aliphatic heterocycles. The third-order valence-electron chi connectivity index (χ3n) is 1.82. The Kier molecular flexibility index (Phi) is 2.75. The Bertz CT molecular complexity index is 485. The molecule has 1 heterocycles. The number of aromatic nitrogens is 3. The smallest absolute Gasteiger partial charge is 0.181 e. The summed E-state index contributed by atoms with van der Waals surface area (Å²) < 4.78 is 0. The van der Waals surface area contributed by atoms with Crippen molar-refractivity contribution in [2.75, 3.05) is 0 Å². The minimum Gasteiger partial charge on any atom is -0.259 e. The highest BCUT2D eigenvalue weighted by Gasteiger charge is 2.06. The molecule has 2 aromatic rings. The number of halogens is 2. The number of aromatic amines is 1. The third kappa shape index (κ3) is 2.19. The molecule has 1 N–H and O–H groups in total.